The Morgan fingerprint density at radius 3 is 2.79 bits per heavy atom. The minimum Gasteiger partial charge on any atom is -0.497 e. The van der Waals surface area contributed by atoms with Crippen LogP contribution in [0.4, 0.5) is 5.82 Å². The van der Waals surface area contributed by atoms with Gasteiger partial charge in [-0.2, -0.15) is 9.61 Å². The first-order chi connectivity index (χ1) is 14.1. The summed E-state index contributed by atoms with van der Waals surface area (Å²) in [6.07, 6.45) is 5.99. The van der Waals surface area contributed by atoms with Crippen molar-refractivity contribution in [3.05, 3.63) is 40.2 Å². The van der Waals surface area contributed by atoms with Crippen LogP contribution in [0, 0.1) is 12.8 Å². The Morgan fingerprint density at radius 2 is 2.10 bits per heavy atom. The molecule has 0 atom stereocenters. The third kappa shape index (κ3) is 3.16. The molecule has 0 N–H and O–H groups in total. The SMILES string of the molecule is CCN(CC1CC1)c1c2c(nc3c(-c4ccc(OC)cc4Cl)c(C)nn13)CCC2. The number of rotatable bonds is 6. The second-order valence-corrected chi connectivity index (χ2v) is 8.65. The molecule has 1 aromatic carbocycles. The summed E-state index contributed by atoms with van der Waals surface area (Å²) in [4.78, 5) is 7.61. The first-order valence-electron chi connectivity index (χ1n) is 10.6. The average Bonchev–Trinajstić information content (AvgIpc) is 3.32. The average molecular weight is 411 g/mol. The van der Waals surface area contributed by atoms with Gasteiger partial charge in [0.05, 0.1) is 23.4 Å². The zero-order valence-corrected chi connectivity index (χ0v) is 18.1. The maximum absolute atomic E-state index is 6.64. The number of benzene rings is 1. The van der Waals surface area contributed by atoms with Crippen molar-refractivity contribution in [2.75, 3.05) is 25.1 Å². The van der Waals surface area contributed by atoms with Crippen LogP contribution < -0.4 is 9.64 Å². The van der Waals surface area contributed by atoms with Gasteiger partial charge >= 0.3 is 0 Å². The van der Waals surface area contributed by atoms with E-state index in [1.807, 2.05) is 18.2 Å². The van der Waals surface area contributed by atoms with Gasteiger partial charge in [-0.3, -0.25) is 0 Å². The summed E-state index contributed by atoms with van der Waals surface area (Å²) in [6.45, 7) is 6.39. The molecule has 0 amide bonds. The standard InChI is InChI=1S/C23H27ClN4O/c1-4-27(13-15-8-9-15)23-18-6-5-7-20(18)25-22-21(14(2)26-28(22)23)17-11-10-16(29-3)12-19(17)24/h10-12,15H,4-9,13H2,1-3H3. The van der Waals surface area contributed by atoms with E-state index in [0.29, 0.717) is 5.02 Å². The Morgan fingerprint density at radius 1 is 1.28 bits per heavy atom. The molecular weight excluding hydrogens is 384 g/mol. The number of aryl methyl sites for hydroxylation is 2. The van der Waals surface area contributed by atoms with E-state index in [4.69, 9.17) is 26.4 Å². The van der Waals surface area contributed by atoms with Crippen LogP contribution in [-0.4, -0.2) is 34.8 Å². The molecule has 1 fully saturated rings. The number of fused-ring (bicyclic) bond motifs is 2. The molecule has 29 heavy (non-hydrogen) atoms. The van der Waals surface area contributed by atoms with Gasteiger partial charge < -0.3 is 9.64 Å². The molecule has 0 unspecified atom stereocenters. The molecule has 2 aliphatic carbocycles. The lowest BCUT2D eigenvalue weighted by atomic mass is 10.1. The first-order valence-corrected chi connectivity index (χ1v) is 11.0. The molecule has 3 aromatic rings. The van der Waals surface area contributed by atoms with Gasteiger partial charge in [-0.15, -0.1) is 0 Å². The molecule has 0 spiro atoms. The van der Waals surface area contributed by atoms with Gasteiger partial charge in [-0.1, -0.05) is 11.6 Å². The quantitative estimate of drug-likeness (QED) is 0.567. The molecular formula is C23H27ClN4O. The van der Waals surface area contributed by atoms with Crippen LogP contribution in [0.15, 0.2) is 18.2 Å². The molecule has 0 radical (unpaired) electrons. The van der Waals surface area contributed by atoms with Gasteiger partial charge in [0.25, 0.3) is 0 Å². The van der Waals surface area contributed by atoms with E-state index < -0.39 is 0 Å². The van der Waals surface area contributed by atoms with Crippen LogP contribution in [-0.2, 0) is 12.8 Å². The third-order valence-corrected chi connectivity index (χ3v) is 6.55. The minimum atomic E-state index is 0.663. The Balaban J connectivity index is 1.73. The second kappa shape index (κ2) is 7.21. The van der Waals surface area contributed by atoms with Gasteiger partial charge in [-0.25, -0.2) is 4.98 Å². The highest BCUT2D eigenvalue weighted by Gasteiger charge is 2.30. The number of methoxy groups -OCH3 is 1. The second-order valence-electron chi connectivity index (χ2n) is 8.24. The number of halogens is 1. The lowest BCUT2D eigenvalue weighted by Gasteiger charge is -2.26. The fourth-order valence-electron chi connectivity index (χ4n) is 4.56. The molecule has 5 nitrogen and oxygen atoms in total. The Kier molecular flexibility index (Phi) is 4.66. The summed E-state index contributed by atoms with van der Waals surface area (Å²) < 4.78 is 7.41. The molecule has 0 bridgehead atoms. The molecule has 6 heteroatoms. The smallest absolute Gasteiger partial charge is 0.165 e. The minimum absolute atomic E-state index is 0.663. The Labute approximate surface area is 176 Å². The van der Waals surface area contributed by atoms with Crippen molar-refractivity contribution < 1.29 is 4.74 Å². The van der Waals surface area contributed by atoms with Crippen molar-refractivity contribution in [1.29, 1.82) is 0 Å². The van der Waals surface area contributed by atoms with Gasteiger partial charge in [0.2, 0.25) is 0 Å². The van der Waals surface area contributed by atoms with Gasteiger partial charge in [-0.05, 0) is 70.1 Å². The maximum atomic E-state index is 6.64. The van der Waals surface area contributed by atoms with E-state index in [0.717, 1.165) is 60.1 Å². The van der Waals surface area contributed by atoms with Gasteiger partial charge in [0.1, 0.15) is 11.6 Å². The maximum Gasteiger partial charge on any atom is 0.165 e. The molecule has 1 saturated carbocycles. The molecule has 2 heterocycles. The van der Waals surface area contributed by atoms with Crippen LogP contribution in [0.2, 0.25) is 5.02 Å². The van der Waals surface area contributed by atoms with Crippen LogP contribution in [0.3, 0.4) is 0 Å². The summed E-state index contributed by atoms with van der Waals surface area (Å²) in [5.41, 5.74) is 6.47. The highest BCUT2D eigenvalue weighted by Crippen LogP contribution is 2.40. The van der Waals surface area contributed by atoms with E-state index in [2.05, 4.69) is 23.3 Å². The first kappa shape index (κ1) is 18.7. The molecule has 5 rings (SSSR count). The molecule has 152 valence electrons. The lowest BCUT2D eigenvalue weighted by molar-refractivity contribution is 0.415. The molecule has 2 aliphatic rings. The van der Waals surface area contributed by atoms with Crippen LogP contribution in [0.25, 0.3) is 16.8 Å². The topological polar surface area (TPSA) is 42.7 Å². The van der Waals surface area contributed by atoms with Crippen LogP contribution in [0.5, 0.6) is 5.75 Å². The number of aromatic nitrogens is 3. The van der Waals surface area contributed by atoms with E-state index >= 15 is 0 Å². The summed E-state index contributed by atoms with van der Waals surface area (Å²) in [5.74, 6) is 2.82. The number of nitrogens with zero attached hydrogens (tertiary/aromatic N) is 4. The predicted octanol–water partition coefficient (Wildman–Crippen LogP) is 5.09. The number of hydrogen-bond donors (Lipinski definition) is 0. The van der Waals surface area contributed by atoms with Crippen molar-refractivity contribution in [2.45, 2.75) is 46.0 Å². The number of anilines is 1. The lowest BCUT2D eigenvalue weighted by Crippen LogP contribution is -2.29. The molecule has 0 saturated heterocycles. The fraction of sp³-hybridized carbons (Fsp3) is 0.478. The fourth-order valence-corrected chi connectivity index (χ4v) is 4.82. The summed E-state index contributed by atoms with van der Waals surface area (Å²) in [6, 6.07) is 5.82. The van der Waals surface area contributed by atoms with Crippen LogP contribution >= 0.6 is 11.6 Å². The van der Waals surface area contributed by atoms with Crippen molar-refractivity contribution in [3.63, 3.8) is 0 Å². The summed E-state index contributed by atoms with van der Waals surface area (Å²) >= 11 is 6.64. The summed E-state index contributed by atoms with van der Waals surface area (Å²) in [7, 11) is 1.66. The largest absolute Gasteiger partial charge is 0.497 e. The van der Waals surface area contributed by atoms with Gasteiger partial charge in [0, 0.05) is 29.9 Å². The highest BCUT2D eigenvalue weighted by molar-refractivity contribution is 6.33. The number of ether oxygens (including phenoxy) is 1. The zero-order chi connectivity index (χ0) is 20.1. The normalized spacial score (nSPS) is 15.7. The molecule has 0 aliphatic heterocycles. The van der Waals surface area contributed by atoms with E-state index in [9.17, 15) is 0 Å². The molecule has 2 aromatic heterocycles. The Bertz CT molecular complexity index is 1090. The van der Waals surface area contributed by atoms with Crippen LogP contribution in [0.1, 0.15) is 43.1 Å². The number of hydrogen-bond acceptors (Lipinski definition) is 4. The van der Waals surface area contributed by atoms with E-state index in [-0.39, 0.29) is 0 Å². The van der Waals surface area contributed by atoms with Crippen molar-refractivity contribution in [1.82, 2.24) is 14.6 Å². The van der Waals surface area contributed by atoms with Crippen molar-refractivity contribution >= 4 is 23.1 Å². The Hall–Kier alpha value is -2.27. The third-order valence-electron chi connectivity index (χ3n) is 6.24. The van der Waals surface area contributed by atoms with Crippen molar-refractivity contribution in [2.24, 2.45) is 5.92 Å². The monoisotopic (exact) mass is 410 g/mol. The predicted molar refractivity (Wildman–Crippen MR) is 117 cm³/mol. The van der Waals surface area contributed by atoms with E-state index in [1.54, 1.807) is 7.11 Å². The van der Waals surface area contributed by atoms with E-state index in [1.165, 1.54) is 36.3 Å². The zero-order valence-electron chi connectivity index (χ0n) is 17.3. The summed E-state index contributed by atoms with van der Waals surface area (Å²) in [5, 5.41) is 5.63. The highest BCUT2D eigenvalue weighted by atomic mass is 35.5. The van der Waals surface area contributed by atoms with Crippen molar-refractivity contribution in [3.8, 4) is 16.9 Å². The van der Waals surface area contributed by atoms with Gasteiger partial charge in [0.15, 0.2) is 5.65 Å².